The molecule has 8 heteroatoms. The zero-order valence-corrected chi connectivity index (χ0v) is 15.4. The summed E-state index contributed by atoms with van der Waals surface area (Å²) in [6, 6.07) is 9.92. The number of nitrogens with zero attached hydrogens (tertiary/aromatic N) is 1. The minimum atomic E-state index is -2.89. The van der Waals surface area contributed by atoms with Crippen LogP contribution in [0.2, 0.25) is 0 Å². The lowest BCUT2D eigenvalue weighted by Crippen LogP contribution is -2.36. The van der Waals surface area contributed by atoms with Gasteiger partial charge in [-0.3, -0.25) is 4.99 Å². The van der Waals surface area contributed by atoms with E-state index in [0.717, 1.165) is 5.56 Å². The number of benzene rings is 2. The van der Waals surface area contributed by atoms with Crippen LogP contribution >= 0.6 is 0 Å². The van der Waals surface area contributed by atoms with Crippen LogP contribution in [-0.2, 0) is 13.1 Å². The van der Waals surface area contributed by atoms with Crippen LogP contribution in [0.25, 0.3) is 0 Å². The van der Waals surface area contributed by atoms with Gasteiger partial charge in [-0.1, -0.05) is 17.7 Å². The number of ether oxygens (including phenoxy) is 2. The van der Waals surface area contributed by atoms with Gasteiger partial charge in [0, 0.05) is 31.3 Å². The summed E-state index contributed by atoms with van der Waals surface area (Å²) in [6.07, 6.45) is 0. The maximum atomic E-state index is 12.6. The minimum absolute atomic E-state index is 0.115. The summed E-state index contributed by atoms with van der Waals surface area (Å²) in [5, 5.41) is 16.0. The number of alkyl halides is 2. The fraction of sp³-hybridized carbons (Fsp3) is 0.316. The first kappa shape index (κ1) is 20.3. The Labute approximate surface area is 156 Å². The van der Waals surface area contributed by atoms with Crippen LogP contribution in [0.3, 0.4) is 0 Å². The van der Waals surface area contributed by atoms with E-state index in [2.05, 4.69) is 20.4 Å². The first-order chi connectivity index (χ1) is 12.9. The fourth-order valence-electron chi connectivity index (χ4n) is 2.47. The highest BCUT2D eigenvalue weighted by Gasteiger charge is 2.11. The van der Waals surface area contributed by atoms with Crippen molar-refractivity contribution >= 4 is 5.96 Å². The summed E-state index contributed by atoms with van der Waals surface area (Å²) < 4.78 is 34.8. The normalized spacial score (nSPS) is 11.4. The molecule has 0 aliphatic heterocycles. The van der Waals surface area contributed by atoms with Gasteiger partial charge in [-0.05, 0) is 31.2 Å². The summed E-state index contributed by atoms with van der Waals surface area (Å²) in [6.45, 7) is -0.474. The van der Waals surface area contributed by atoms with Crippen molar-refractivity contribution in [1.82, 2.24) is 10.6 Å². The molecule has 146 valence electrons. The maximum Gasteiger partial charge on any atom is 0.387 e. The van der Waals surface area contributed by atoms with E-state index in [1.165, 1.54) is 6.07 Å². The van der Waals surface area contributed by atoms with E-state index in [-0.39, 0.29) is 18.0 Å². The van der Waals surface area contributed by atoms with E-state index in [1.54, 1.807) is 44.5 Å². The molecular weight excluding hydrogens is 356 g/mol. The molecule has 0 heterocycles. The average molecular weight is 379 g/mol. The number of hydrogen-bond donors (Lipinski definition) is 3. The second-order valence-electron chi connectivity index (χ2n) is 5.76. The Morgan fingerprint density at radius 1 is 1.11 bits per heavy atom. The van der Waals surface area contributed by atoms with Crippen LogP contribution < -0.4 is 20.1 Å². The molecule has 2 rings (SSSR count). The van der Waals surface area contributed by atoms with Crippen LogP contribution in [0.5, 0.6) is 17.2 Å². The van der Waals surface area contributed by atoms with Crippen molar-refractivity contribution in [3.8, 4) is 17.2 Å². The largest absolute Gasteiger partial charge is 0.508 e. The average Bonchev–Trinajstić information content (AvgIpc) is 2.64. The Kier molecular flexibility index (Phi) is 7.22. The van der Waals surface area contributed by atoms with Crippen molar-refractivity contribution in [3.63, 3.8) is 0 Å². The number of aryl methyl sites for hydroxylation is 1. The molecule has 0 radical (unpaired) electrons. The van der Waals surface area contributed by atoms with Gasteiger partial charge in [0.15, 0.2) is 5.96 Å². The Bertz CT molecular complexity index is 798. The third kappa shape index (κ3) is 6.02. The highest BCUT2D eigenvalue weighted by Crippen LogP contribution is 2.23. The predicted octanol–water partition coefficient (Wildman–Crippen LogP) is 3.18. The number of hydrogen-bond acceptors (Lipinski definition) is 4. The first-order valence-electron chi connectivity index (χ1n) is 8.27. The summed E-state index contributed by atoms with van der Waals surface area (Å²) in [5.41, 5.74) is 2.15. The summed E-state index contributed by atoms with van der Waals surface area (Å²) in [4.78, 5) is 4.10. The quantitative estimate of drug-likeness (QED) is 0.509. The molecule has 0 fully saturated rings. The van der Waals surface area contributed by atoms with Crippen molar-refractivity contribution in [3.05, 3.63) is 53.1 Å². The smallest absolute Gasteiger partial charge is 0.387 e. The molecule has 0 saturated heterocycles. The molecule has 0 amide bonds. The Morgan fingerprint density at radius 2 is 1.81 bits per heavy atom. The number of nitrogens with one attached hydrogen (secondary N) is 2. The molecule has 6 nitrogen and oxygen atoms in total. The van der Waals surface area contributed by atoms with Crippen molar-refractivity contribution < 1.29 is 23.4 Å². The fourth-order valence-corrected chi connectivity index (χ4v) is 2.47. The third-order valence-corrected chi connectivity index (χ3v) is 3.83. The monoisotopic (exact) mass is 379 g/mol. The van der Waals surface area contributed by atoms with Gasteiger partial charge < -0.3 is 25.2 Å². The molecule has 0 aliphatic rings. The Hall–Kier alpha value is -3.03. The van der Waals surface area contributed by atoms with Crippen LogP contribution in [0.1, 0.15) is 16.7 Å². The lowest BCUT2D eigenvalue weighted by Gasteiger charge is -2.15. The molecule has 0 aromatic heterocycles. The van der Waals surface area contributed by atoms with Gasteiger partial charge in [0.2, 0.25) is 0 Å². The van der Waals surface area contributed by atoms with E-state index in [1.807, 2.05) is 6.92 Å². The van der Waals surface area contributed by atoms with E-state index in [9.17, 15) is 13.9 Å². The van der Waals surface area contributed by atoms with Gasteiger partial charge in [-0.25, -0.2) is 0 Å². The summed E-state index contributed by atoms with van der Waals surface area (Å²) in [7, 11) is 3.14. The Balaban J connectivity index is 2.01. The molecule has 0 atom stereocenters. The predicted molar refractivity (Wildman–Crippen MR) is 99.5 cm³/mol. The van der Waals surface area contributed by atoms with Gasteiger partial charge in [0.1, 0.15) is 17.2 Å². The van der Waals surface area contributed by atoms with E-state index >= 15 is 0 Å². The molecule has 0 aliphatic carbocycles. The summed E-state index contributed by atoms with van der Waals surface area (Å²) in [5.74, 6) is 1.32. The number of aliphatic imine (C=N–C) groups is 1. The number of phenols is 1. The number of aromatic hydroxyl groups is 1. The molecule has 0 spiro atoms. The van der Waals surface area contributed by atoms with E-state index in [4.69, 9.17) is 4.74 Å². The van der Waals surface area contributed by atoms with Crippen molar-refractivity contribution in [2.24, 2.45) is 4.99 Å². The van der Waals surface area contributed by atoms with E-state index < -0.39 is 6.61 Å². The number of phenolic OH excluding ortho intramolecular Hbond substituents is 1. The van der Waals surface area contributed by atoms with Gasteiger partial charge in [-0.2, -0.15) is 8.78 Å². The molecule has 0 saturated carbocycles. The number of guanidine groups is 1. The summed E-state index contributed by atoms with van der Waals surface area (Å²) >= 11 is 0. The lowest BCUT2D eigenvalue weighted by molar-refractivity contribution is -0.0504. The zero-order valence-electron chi connectivity index (χ0n) is 15.4. The van der Waals surface area contributed by atoms with Crippen LogP contribution in [-0.4, -0.2) is 31.8 Å². The molecule has 2 aromatic rings. The maximum absolute atomic E-state index is 12.6. The molecule has 3 N–H and O–H groups in total. The van der Waals surface area contributed by atoms with Gasteiger partial charge in [0.25, 0.3) is 0 Å². The van der Waals surface area contributed by atoms with Crippen LogP contribution in [0.15, 0.2) is 41.4 Å². The highest BCUT2D eigenvalue weighted by atomic mass is 19.3. The standard InChI is InChI=1S/C19H23F2N3O3/c1-12-4-7-17(27-18(20)21)14(8-12)11-24-19(22-2)23-10-13-9-15(26-3)5-6-16(13)25/h4-9,18,25H,10-11H2,1-3H3,(H2,22,23,24). The molecule has 27 heavy (non-hydrogen) atoms. The first-order valence-corrected chi connectivity index (χ1v) is 8.27. The number of methoxy groups -OCH3 is 1. The van der Waals surface area contributed by atoms with E-state index in [0.29, 0.717) is 29.4 Å². The zero-order chi connectivity index (χ0) is 19.8. The minimum Gasteiger partial charge on any atom is -0.508 e. The third-order valence-electron chi connectivity index (χ3n) is 3.83. The topological polar surface area (TPSA) is 75.1 Å². The van der Waals surface area contributed by atoms with Crippen molar-refractivity contribution in [1.29, 1.82) is 0 Å². The molecule has 0 unspecified atom stereocenters. The van der Waals surface area contributed by atoms with Gasteiger partial charge >= 0.3 is 6.61 Å². The van der Waals surface area contributed by atoms with Gasteiger partial charge in [0.05, 0.1) is 7.11 Å². The molecule has 0 bridgehead atoms. The molecular formula is C19H23F2N3O3. The van der Waals surface area contributed by atoms with Gasteiger partial charge in [-0.15, -0.1) is 0 Å². The van der Waals surface area contributed by atoms with Crippen molar-refractivity contribution in [2.45, 2.75) is 26.6 Å². The second-order valence-corrected chi connectivity index (χ2v) is 5.76. The van der Waals surface area contributed by atoms with Crippen LogP contribution in [0.4, 0.5) is 8.78 Å². The lowest BCUT2D eigenvalue weighted by atomic mass is 10.1. The Morgan fingerprint density at radius 3 is 2.44 bits per heavy atom. The number of halogens is 2. The number of rotatable bonds is 7. The van der Waals surface area contributed by atoms with Crippen molar-refractivity contribution in [2.75, 3.05) is 14.2 Å². The highest BCUT2D eigenvalue weighted by molar-refractivity contribution is 5.79. The van der Waals surface area contributed by atoms with Crippen LogP contribution in [0, 0.1) is 6.92 Å². The SMILES string of the molecule is CN=C(NCc1cc(OC)ccc1O)NCc1cc(C)ccc1OC(F)F. The molecule has 2 aromatic carbocycles. The second kappa shape index (κ2) is 9.61.